The summed E-state index contributed by atoms with van der Waals surface area (Å²) in [5.74, 6) is 0.266. The summed E-state index contributed by atoms with van der Waals surface area (Å²) in [5, 5.41) is 12.6. The lowest BCUT2D eigenvalue weighted by Gasteiger charge is -2.23. The first-order valence-electron chi connectivity index (χ1n) is 6.26. The van der Waals surface area contributed by atoms with E-state index in [1.54, 1.807) is 6.07 Å². The van der Waals surface area contributed by atoms with Crippen LogP contribution in [0.25, 0.3) is 0 Å². The van der Waals surface area contributed by atoms with Crippen LogP contribution in [0, 0.1) is 11.7 Å². The number of hydrogen-bond acceptors (Lipinski definition) is 2. The Balaban J connectivity index is 2.71. The minimum atomic E-state index is -0.231. The third-order valence-corrected chi connectivity index (χ3v) is 3.38. The molecular formula is C14H21BrFNO. The van der Waals surface area contributed by atoms with Crippen LogP contribution in [0.3, 0.4) is 0 Å². The number of aliphatic hydroxyl groups excluding tert-OH is 1. The summed E-state index contributed by atoms with van der Waals surface area (Å²) >= 11 is 3.24. The van der Waals surface area contributed by atoms with Crippen LogP contribution in [0.15, 0.2) is 22.7 Å². The number of nitrogens with one attached hydrogen (secondary N) is 1. The maximum absolute atomic E-state index is 13.8. The summed E-state index contributed by atoms with van der Waals surface area (Å²) in [6.45, 7) is 6.19. The van der Waals surface area contributed by atoms with Crippen molar-refractivity contribution >= 4 is 15.9 Å². The molecule has 1 aromatic rings. The van der Waals surface area contributed by atoms with Gasteiger partial charge in [0.1, 0.15) is 5.82 Å². The minimum Gasteiger partial charge on any atom is -0.395 e. The summed E-state index contributed by atoms with van der Waals surface area (Å²) in [5.41, 5.74) is 0.625. The lowest BCUT2D eigenvalue weighted by molar-refractivity contribution is 0.214. The van der Waals surface area contributed by atoms with Crippen molar-refractivity contribution in [3.8, 4) is 0 Å². The third-order valence-electron chi connectivity index (χ3n) is 2.89. The molecule has 0 bridgehead atoms. The molecule has 0 heterocycles. The Morgan fingerprint density at radius 2 is 2.00 bits per heavy atom. The molecule has 0 amide bonds. The van der Waals surface area contributed by atoms with E-state index in [2.05, 4.69) is 35.1 Å². The Labute approximate surface area is 117 Å². The van der Waals surface area contributed by atoms with Gasteiger partial charge in [0.2, 0.25) is 0 Å². The largest absolute Gasteiger partial charge is 0.395 e. The van der Waals surface area contributed by atoms with Gasteiger partial charge in [-0.2, -0.15) is 0 Å². The molecule has 0 aliphatic rings. The molecule has 102 valence electrons. The van der Waals surface area contributed by atoms with Gasteiger partial charge in [0.25, 0.3) is 0 Å². The first-order chi connectivity index (χ1) is 8.43. The van der Waals surface area contributed by atoms with Crippen LogP contribution in [0.5, 0.6) is 0 Å². The number of halogens is 2. The Bertz CT molecular complexity index is 384. The molecule has 0 saturated carbocycles. The molecule has 0 aromatic heterocycles. The number of rotatable bonds is 6. The van der Waals surface area contributed by atoms with Crippen molar-refractivity contribution in [2.24, 2.45) is 5.92 Å². The van der Waals surface area contributed by atoms with E-state index in [0.29, 0.717) is 11.5 Å². The summed E-state index contributed by atoms with van der Waals surface area (Å²) < 4.78 is 14.5. The van der Waals surface area contributed by atoms with Crippen molar-refractivity contribution in [2.75, 3.05) is 6.61 Å². The van der Waals surface area contributed by atoms with Crippen molar-refractivity contribution in [1.82, 2.24) is 5.32 Å². The Morgan fingerprint density at radius 3 is 2.50 bits per heavy atom. The molecule has 0 aliphatic carbocycles. The standard InChI is InChI=1S/C14H21BrFNO/c1-9(2)6-12(8-18)17-10(3)13-5-4-11(15)7-14(13)16/h4-5,7,9-10,12,17-18H,6,8H2,1-3H3. The van der Waals surface area contributed by atoms with Crippen LogP contribution in [-0.4, -0.2) is 17.8 Å². The fraction of sp³-hybridized carbons (Fsp3) is 0.571. The molecule has 2 nitrogen and oxygen atoms in total. The van der Waals surface area contributed by atoms with Gasteiger partial charge in [-0.05, 0) is 31.4 Å². The first-order valence-corrected chi connectivity index (χ1v) is 7.05. The fourth-order valence-corrected chi connectivity index (χ4v) is 2.39. The van der Waals surface area contributed by atoms with Crippen molar-refractivity contribution < 1.29 is 9.50 Å². The van der Waals surface area contributed by atoms with E-state index in [1.165, 1.54) is 6.07 Å². The topological polar surface area (TPSA) is 32.3 Å². The molecular weight excluding hydrogens is 297 g/mol. The fourth-order valence-electron chi connectivity index (χ4n) is 2.06. The van der Waals surface area contributed by atoms with E-state index in [4.69, 9.17) is 0 Å². The molecule has 1 aromatic carbocycles. The number of aliphatic hydroxyl groups is 1. The second-order valence-electron chi connectivity index (χ2n) is 5.06. The predicted octanol–water partition coefficient (Wildman–Crippen LogP) is 3.65. The quantitative estimate of drug-likeness (QED) is 0.839. The van der Waals surface area contributed by atoms with E-state index in [9.17, 15) is 9.50 Å². The molecule has 2 N–H and O–H groups in total. The highest BCUT2D eigenvalue weighted by atomic mass is 79.9. The molecule has 0 saturated heterocycles. The Kier molecular flexibility index (Phi) is 6.26. The van der Waals surface area contributed by atoms with Crippen LogP contribution in [0.2, 0.25) is 0 Å². The number of hydrogen-bond donors (Lipinski definition) is 2. The lowest BCUT2D eigenvalue weighted by Crippen LogP contribution is -2.36. The van der Waals surface area contributed by atoms with Gasteiger partial charge in [0, 0.05) is 22.1 Å². The highest BCUT2D eigenvalue weighted by molar-refractivity contribution is 9.10. The second kappa shape index (κ2) is 7.22. The molecule has 0 spiro atoms. The predicted molar refractivity (Wildman–Crippen MR) is 76.0 cm³/mol. The molecule has 4 heteroatoms. The maximum atomic E-state index is 13.8. The second-order valence-corrected chi connectivity index (χ2v) is 5.98. The van der Waals surface area contributed by atoms with Crippen LogP contribution >= 0.6 is 15.9 Å². The average Bonchev–Trinajstić information content (AvgIpc) is 2.27. The normalized spacial score (nSPS) is 14.8. The van der Waals surface area contributed by atoms with Crippen LogP contribution in [-0.2, 0) is 0 Å². The average molecular weight is 318 g/mol. The van der Waals surface area contributed by atoms with E-state index >= 15 is 0 Å². The monoisotopic (exact) mass is 317 g/mol. The molecule has 2 atom stereocenters. The molecule has 0 radical (unpaired) electrons. The van der Waals surface area contributed by atoms with Gasteiger partial charge < -0.3 is 10.4 Å². The highest BCUT2D eigenvalue weighted by Gasteiger charge is 2.16. The molecule has 18 heavy (non-hydrogen) atoms. The van der Waals surface area contributed by atoms with Gasteiger partial charge in [0.15, 0.2) is 0 Å². The van der Waals surface area contributed by atoms with Crippen LogP contribution < -0.4 is 5.32 Å². The summed E-state index contributed by atoms with van der Waals surface area (Å²) in [6.07, 6.45) is 0.874. The zero-order valence-electron chi connectivity index (χ0n) is 11.1. The smallest absolute Gasteiger partial charge is 0.129 e. The molecule has 2 unspecified atom stereocenters. The summed E-state index contributed by atoms with van der Waals surface area (Å²) in [7, 11) is 0. The van der Waals surface area contributed by atoms with Gasteiger partial charge in [-0.3, -0.25) is 0 Å². The van der Waals surface area contributed by atoms with Gasteiger partial charge in [-0.1, -0.05) is 35.8 Å². The lowest BCUT2D eigenvalue weighted by atomic mass is 10.0. The van der Waals surface area contributed by atoms with E-state index in [-0.39, 0.29) is 24.5 Å². The van der Waals surface area contributed by atoms with Gasteiger partial charge in [-0.15, -0.1) is 0 Å². The maximum Gasteiger partial charge on any atom is 0.129 e. The van der Waals surface area contributed by atoms with E-state index in [0.717, 1.165) is 10.9 Å². The number of benzene rings is 1. The zero-order valence-corrected chi connectivity index (χ0v) is 12.7. The van der Waals surface area contributed by atoms with Crippen molar-refractivity contribution in [2.45, 2.75) is 39.3 Å². The van der Waals surface area contributed by atoms with Crippen molar-refractivity contribution in [3.05, 3.63) is 34.1 Å². The van der Waals surface area contributed by atoms with Crippen molar-refractivity contribution in [1.29, 1.82) is 0 Å². The van der Waals surface area contributed by atoms with Crippen molar-refractivity contribution in [3.63, 3.8) is 0 Å². The van der Waals surface area contributed by atoms with Gasteiger partial charge >= 0.3 is 0 Å². The molecule has 0 aliphatic heterocycles. The summed E-state index contributed by atoms with van der Waals surface area (Å²) in [6, 6.07) is 4.94. The van der Waals surface area contributed by atoms with Gasteiger partial charge in [0.05, 0.1) is 6.61 Å². The Morgan fingerprint density at radius 1 is 1.33 bits per heavy atom. The zero-order chi connectivity index (χ0) is 13.7. The third kappa shape index (κ3) is 4.67. The molecule has 0 fully saturated rings. The van der Waals surface area contributed by atoms with E-state index < -0.39 is 0 Å². The summed E-state index contributed by atoms with van der Waals surface area (Å²) in [4.78, 5) is 0. The van der Waals surface area contributed by atoms with E-state index in [1.807, 2.05) is 13.0 Å². The molecule has 1 rings (SSSR count). The van der Waals surface area contributed by atoms with Crippen LogP contribution in [0.4, 0.5) is 4.39 Å². The SMILES string of the molecule is CC(C)CC(CO)NC(C)c1ccc(Br)cc1F. The first kappa shape index (κ1) is 15.6. The van der Waals surface area contributed by atoms with Gasteiger partial charge in [-0.25, -0.2) is 4.39 Å². The van der Waals surface area contributed by atoms with Crippen LogP contribution in [0.1, 0.15) is 38.8 Å². The minimum absolute atomic E-state index is 0.00282. The highest BCUT2D eigenvalue weighted by Crippen LogP contribution is 2.21. The Hall–Kier alpha value is -0.450.